The van der Waals surface area contributed by atoms with E-state index in [1.807, 2.05) is 18.2 Å². The van der Waals surface area contributed by atoms with Crippen molar-refractivity contribution in [2.24, 2.45) is 11.7 Å². The fourth-order valence-electron chi connectivity index (χ4n) is 2.12. The summed E-state index contributed by atoms with van der Waals surface area (Å²) >= 11 is 0. The lowest BCUT2D eigenvalue weighted by Crippen LogP contribution is -2.02. The topological polar surface area (TPSA) is 64.9 Å². The van der Waals surface area contributed by atoms with E-state index in [-0.39, 0.29) is 0 Å². The molecule has 0 unspecified atom stereocenters. The van der Waals surface area contributed by atoms with Gasteiger partial charge in [0.15, 0.2) is 5.82 Å². The zero-order valence-electron chi connectivity index (χ0n) is 10.3. The molecule has 0 bridgehead atoms. The van der Waals surface area contributed by atoms with E-state index in [1.54, 1.807) is 0 Å². The smallest absolute Gasteiger partial charge is 0.231 e. The van der Waals surface area contributed by atoms with Gasteiger partial charge >= 0.3 is 0 Å². The van der Waals surface area contributed by atoms with Crippen molar-refractivity contribution in [3.63, 3.8) is 0 Å². The number of aromatic nitrogens is 2. The molecule has 2 N–H and O–H groups in total. The van der Waals surface area contributed by atoms with Crippen LogP contribution in [0.2, 0.25) is 0 Å². The third-order valence-electron chi connectivity index (χ3n) is 3.36. The average Bonchev–Trinajstić information content (AvgIpc) is 3.10. The Bertz CT molecular complexity index is 531. The summed E-state index contributed by atoms with van der Waals surface area (Å²) in [5, 5.41) is 4.03. The lowest BCUT2D eigenvalue weighted by molar-refractivity contribution is 0.378. The van der Waals surface area contributed by atoms with Crippen molar-refractivity contribution < 1.29 is 4.52 Å². The maximum Gasteiger partial charge on any atom is 0.231 e. The van der Waals surface area contributed by atoms with Crippen LogP contribution in [-0.4, -0.2) is 10.1 Å². The zero-order valence-corrected chi connectivity index (χ0v) is 10.3. The minimum absolute atomic E-state index is 0.541. The van der Waals surface area contributed by atoms with Crippen LogP contribution in [0.3, 0.4) is 0 Å². The number of rotatable bonds is 5. The van der Waals surface area contributed by atoms with Gasteiger partial charge in [-0.05, 0) is 29.9 Å². The normalized spacial score (nSPS) is 14.9. The van der Waals surface area contributed by atoms with Gasteiger partial charge in [0.25, 0.3) is 0 Å². The standard InChI is InChI=1S/C14H17N3O/c15-9-12-4-2-1-3-11(12)8-14-16-13(17-18-14)7-10-5-6-10/h1-4,10H,5-9,15H2. The Kier molecular flexibility index (Phi) is 3.11. The molecule has 0 aliphatic heterocycles. The minimum Gasteiger partial charge on any atom is -0.339 e. The SMILES string of the molecule is NCc1ccccc1Cc1nc(CC2CC2)no1. The van der Waals surface area contributed by atoms with E-state index >= 15 is 0 Å². The first kappa shape index (κ1) is 11.4. The zero-order chi connectivity index (χ0) is 12.4. The molecule has 0 radical (unpaired) electrons. The van der Waals surface area contributed by atoms with Gasteiger partial charge in [-0.15, -0.1) is 0 Å². The lowest BCUT2D eigenvalue weighted by Gasteiger charge is -2.03. The van der Waals surface area contributed by atoms with Crippen molar-refractivity contribution in [1.82, 2.24) is 10.1 Å². The molecule has 1 saturated carbocycles. The Labute approximate surface area is 106 Å². The summed E-state index contributed by atoms with van der Waals surface area (Å²) in [5.41, 5.74) is 8.02. The number of hydrogen-bond acceptors (Lipinski definition) is 4. The van der Waals surface area contributed by atoms with E-state index in [2.05, 4.69) is 16.2 Å². The van der Waals surface area contributed by atoms with Gasteiger partial charge in [0, 0.05) is 13.0 Å². The third kappa shape index (κ3) is 2.59. The van der Waals surface area contributed by atoms with E-state index in [0.29, 0.717) is 18.9 Å². The highest BCUT2D eigenvalue weighted by Crippen LogP contribution is 2.31. The molecule has 4 heteroatoms. The fraction of sp³-hybridized carbons (Fsp3) is 0.429. The van der Waals surface area contributed by atoms with Crippen LogP contribution in [0.15, 0.2) is 28.8 Å². The van der Waals surface area contributed by atoms with Crippen LogP contribution in [0.5, 0.6) is 0 Å². The molecular weight excluding hydrogens is 226 g/mol. The number of benzene rings is 1. The minimum atomic E-state index is 0.541. The van der Waals surface area contributed by atoms with Gasteiger partial charge in [-0.3, -0.25) is 0 Å². The highest BCUT2D eigenvalue weighted by atomic mass is 16.5. The maximum atomic E-state index is 5.72. The summed E-state index contributed by atoms with van der Waals surface area (Å²) in [5.74, 6) is 2.32. The first-order valence-corrected chi connectivity index (χ1v) is 6.43. The molecule has 0 spiro atoms. The van der Waals surface area contributed by atoms with Gasteiger partial charge in [0.05, 0.1) is 6.42 Å². The van der Waals surface area contributed by atoms with E-state index in [1.165, 1.54) is 18.4 Å². The molecule has 0 atom stereocenters. The van der Waals surface area contributed by atoms with E-state index in [0.717, 1.165) is 23.7 Å². The second-order valence-electron chi connectivity index (χ2n) is 4.90. The van der Waals surface area contributed by atoms with Gasteiger partial charge in [-0.1, -0.05) is 29.4 Å². The summed E-state index contributed by atoms with van der Waals surface area (Å²) in [6, 6.07) is 8.11. The maximum absolute atomic E-state index is 5.72. The van der Waals surface area contributed by atoms with Crippen molar-refractivity contribution in [2.45, 2.75) is 32.2 Å². The third-order valence-corrected chi connectivity index (χ3v) is 3.36. The molecule has 2 aromatic rings. The quantitative estimate of drug-likeness (QED) is 0.873. The van der Waals surface area contributed by atoms with Crippen LogP contribution in [0.1, 0.15) is 35.7 Å². The highest BCUT2D eigenvalue weighted by molar-refractivity contribution is 5.29. The summed E-state index contributed by atoms with van der Waals surface area (Å²) in [6.07, 6.45) is 4.24. The largest absolute Gasteiger partial charge is 0.339 e. The van der Waals surface area contributed by atoms with Crippen molar-refractivity contribution in [2.75, 3.05) is 0 Å². The Morgan fingerprint density at radius 3 is 2.72 bits per heavy atom. The summed E-state index contributed by atoms with van der Waals surface area (Å²) in [6.45, 7) is 0.541. The van der Waals surface area contributed by atoms with Gasteiger partial charge in [-0.25, -0.2) is 0 Å². The predicted molar refractivity (Wildman–Crippen MR) is 67.9 cm³/mol. The van der Waals surface area contributed by atoms with Crippen LogP contribution in [-0.2, 0) is 19.4 Å². The molecule has 1 aromatic carbocycles. The average molecular weight is 243 g/mol. The van der Waals surface area contributed by atoms with Crippen LogP contribution in [0.4, 0.5) is 0 Å². The lowest BCUT2D eigenvalue weighted by atomic mass is 10.0. The van der Waals surface area contributed by atoms with Gasteiger partial charge in [0.2, 0.25) is 5.89 Å². The molecule has 1 aromatic heterocycles. The first-order valence-electron chi connectivity index (χ1n) is 6.43. The van der Waals surface area contributed by atoms with Crippen molar-refractivity contribution >= 4 is 0 Å². The summed E-state index contributed by atoms with van der Waals surface area (Å²) in [7, 11) is 0. The van der Waals surface area contributed by atoms with E-state index in [9.17, 15) is 0 Å². The monoisotopic (exact) mass is 243 g/mol. The van der Waals surface area contributed by atoms with Crippen molar-refractivity contribution in [1.29, 1.82) is 0 Å². The van der Waals surface area contributed by atoms with Crippen LogP contribution in [0, 0.1) is 5.92 Å². The molecular formula is C14H17N3O. The Balaban J connectivity index is 1.72. The van der Waals surface area contributed by atoms with Gasteiger partial charge in [-0.2, -0.15) is 4.98 Å². The van der Waals surface area contributed by atoms with Crippen molar-refractivity contribution in [3.05, 3.63) is 47.1 Å². The Morgan fingerprint density at radius 1 is 1.22 bits per heavy atom. The molecule has 1 heterocycles. The van der Waals surface area contributed by atoms with Crippen LogP contribution in [0.25, 0.3) is 0 Å². The van der Waals surface area contributed by atoms with E-state index < -0.39 is 0 Å². The molecule has 3 rings (SSSR count). The van der Waals surface area contributed by atoms with Gasteiger partial charge in [0.1, 0.15) is 0 Å². The second-order valence-corrected chi connectivity index (χ2v) is 4.90. The first-order chi connectivity index (χ1) is 8.85. The van der Waals surface area contributed by atoms with Crippen LogP contribution >= 0.6 is 0 Å². The molecule has 4 nitrogen and oxygen atoms in total. The molecule has 0 saturated heterocycles. The van der Waals surface area contributed by atoms with E-state index in [4.69, 9.17) is 10.3 Å². The summed E-state index contributed by atoms with van der Waals surface area (Å²) < 4.78 is 5.29. The molecule has 0 amide bonds. The fourth-order valence-corrected chi connectivity index (χ4v) is 2.12. The molecule has 1 aliphatic rings. The van der Waals surface area contributed by atoms with Gasteiger partial charge < -0.3 is 10.3 Å². The van der Waals surface area contributed by atoms with Crippen LogP contribution < -0.4 is 5.73 Å². The molecule has 94 valence electrons. The molecule has 18 heavy (non-hydrogen) atoms. The molecule has 1 fully saturated rings. The Morgan fingerprint density at radius 2 is 2.00 bits per heavy atom. The Hall–Kier alpha value is -1.68. The van der Waals surface area contributed by atoms with Crippen molar-refractivity contribution in [3.8, 4) is 0 Å². The second kappa shape index (κ2) is 4.90. The molecule has 1 aliphatic carbocycles. The number of nitrogens with two attached hydrogens (primary N) is 1. The summed E-state index contributed by atoms with van der Waals surface area (Å²) in [4.78, 5) is 4.44. The number of hydrogen-bond donors (Lipinski definition) is 1. The number of nitrogens with zero attached hydrogens (tertiary/aromatic N) is 2. The predicted octanol–water partition coefficient (Wildman–Crippen LogP) is 2.07. The highest BCUT2D eigenvalue weighted by Gasteiger charge is 2.24.